The van der Waals surface area contributed by atoms with Gasteiger partial charge in [0.05, 0.1) is 0 Å². The first-order valence-corrected chi connectivity index (χ1v) is 5.55. The fourth-order valence-electron chi connectivity index (χ4n) is 2.08. The summed E-state index contributed by atoms with van der Waals surface area (Å²) in [7, 11) is 0. The van der Waals surface area contributed by atoms with E-state index in [1.54, 1.807) is 13.0 Å². The van der Waals surface area contributed by atoms with Crippen molar-refractivity contribution < 1.29 is 9.18 Å². The number of hydrogen-bond donors (Lipinski definition) is 1. The van der Waals surface area contributed by atoms with Crippen LogP contribution >= 0.6 is 0 Å². The van der Waals surface area contributed by atoms with Crippen LogP contribution in [0.3, 0.4) is 0 Å². The summed E-state index contributed by atoms with van der Waals surface area (Å²) in [6, 6.07) is 5.15. The van der Waals surface area contributed by atoms with Gasteiger partial charge in [-0.1, -0.05) is 12.1 Å². The average molecular weight is 221 g/mol. The lowest BCUT2D eigenvalue weighted by Crippen LogP contribution is -2.36. The fourth-order valence-corrected chi connectivity index (χ4v) is 2.08. The maximum Gasteiger partial charge on any atom is 0.217 e. The zero-order valence-electron chi connectivity index (χ0n) is 9.64. The minimum Gasteiger partial charge on any atom is -0.351 e. The Labute approximate surface area is 94.9 Å². The number of halogens is 1. The Hall–Kier alpha value is -1.38. The highest BCUT2D eigenvalue weighted by Gasteiger charge is 2.43. The van der Waals surface area contributed by atoms with E-state index in [0.29, 0.717) is 5.56 Å². The van der Waals surface area contributed by atoms with Crippen LogP contribution in [-0.4, -0.2) is 11.4 Å². The van der Waals surface area contributed by atoms with Crippen molar-refractivity contribution in [2.24, 2.45) is 0 Å². The number of carbonyl (C=O) groups excluding carboxylic acids is 1. The van der Waals surface area contributed by atoms with Crippen LogP contribution in [0, 0.1) is 12.7 Å². The molecule has 1 fully saturated rings. The van der Waals surface area contributed by atoms with Gasteiger partial charge in [0.25, 0.3) is 0 Å². The van der Waals surface area contributed by atoms with Crippen molar-refractivity contribution in [2.75, 3.05) is 0 Å². The van der Waals surface area contributed by atoms with Crippen molar-refractivity contribution in [3.8, 4) is 0 Å². The molecule has 3 heteroatoms. The van der Waals surface area contributed by atoms with Crippen LogP contribution in [0.5, 0.6) is 0 Å². The molecule has 0 aliphatic heterocycles. The molecule has 0 saturated heterocycles. The molecular weight excluding hydrogens is 205 g/mol. The van der Waals surface area contributed by atoms with E-state index in [1.807, 2.05) is 6.07 Å². The molecule has 1 N–H and O–H groups in total. The molecule has 0 unspecified atom stereocenters. The summed E-state index contributed by atoms with van der Waals surface area (Å²) in [5.74, 6) is -0.163. The standard InChI is InChI=1S/C13H16FNO/c1-9-7-11(3-4-12(9)14)8-13(5-6-13)15-10(2)16/h3-4,7H,5-6,8H2,1-2H3,(H,15,16). The molecule has 2 rings (SSSR count). The molecule has 0 radical (unpaired) electrons. The van der Waals surface area contributed by atoms with E-state index in [1.165, 1.54) is 13.0 Å². The Bertz CT molecular complexity index is 424. The lowest BCUT2D eigenvalue weighted by Gasteiger charge is -2.16. The number of hydrogen-bond acceptors (Lipinski definition) is 1. The first-order chi connectivity index (χ1) is 7.51. The molecule has 0 bridgehead atoms. The van der Waals surface area contributed by atoms with E-state index in [-0.39, 0.29) is 17.3 Å². The molecular formula is C13H16FNO. The van der Waals surface area contributed by atoms with Crippen molar-refractivity contribution in [3.05, 3.63) is 35.1 Å². The van der Waals surface area contributed by atoms with Crippen LogP contribution in [0.25, 0.3) is 0 Å². The predicted molar refractivity (Wildman–Crippen MR) is 60.6 cm³/mol. The van der Waals surface area contributed by atoms with Gasteiger partial charge in [0.15, 0.2) is 0 Å². The molecule has 1 aliphatic rings. The van der Waals surface area contributed by atoms with E-state index in [2.05, 4.69) is 5.32 Å². The van der Waals surface area contributed by atoms with Crippen LogP contribution in [-0.2, 0) is 11.2 Å². The Morgan fingerprint density at radius 3 is 2.69 bits per heavy atom. The molecule has 1 saturated carbocycles. The topological polar surface area (TPSA) is 29.1 Å². The highest BCUT2D eigenvalue weighted by Crippen LogP contribution is 2.38. The summed E-state index contributed by atoms with van der Waals surface area (Å²) < 4.78 is 13.1. The van der Waals surface area contributed by atoms with Crippen LogP contribution in [0.4, 0.5) is 4.39 Å². The molecule has 86 valence electrons. The SMILES string of the molecule is CC(=O)NC1(Cc2ccc(F)c(C)c2)CC1. The molecule has 0 spiro atoms. The van der Waals surface area contributed by atoms with E-state index in [0.717, 1.165) is 24.8 Å². The predicted octanol–water partition coefficient (Wildman–Crippen LogP) is 2.35. The molecule has 0 heterocycles. The van der Waals surface area contributed by atoms with Crippen molar-refractivity contribution in [1.29, 1.82) is 0 Å². The Balaban J connectivity index is 2.09. The van der Waals surface area contributed by atoms with Crippen LogP contribution in [0.2, 0.25) is 0 Å². The smallest absolute Gasteiger partial charge is 0.217 e. The van der Waals surface area contributed by atoms with Gasteiger partial charge in [0, 0.05) is 12.5 Å². The zero-order valence-corrected chi connectivity index (χ0v) is 9.64. The highest BCUT2D eigenvalue weighted by molar-refractivity contribution is 5.74. The molecule has 0 atom stereocenters. The molecule has 1 aromatic rings. The molecule has 0 aromatic heterocycles. The maximum absolute atomic E-state index is 13.1. The van der Waals surface area contributed by atoms with Gasteiger partial charge in [-0.05, 0) is 43.4 Å². The molecule has 1 amide bonds. The second-order valence-electron chi connectivity index (χ2n) is 4.72. The van der Waals surface area contributed by atoms with Crippen molar-refractivity contribution >= 4 is 5.91 Å². The number of benzene rings is 1. The summed E-state index contributed by atoms with van der Waals surface area (Å²) >= 11 is 0. The zero-order chi connectivity index (χ0) is 11.8. The summed E-state index contributed by atoms with van der Waals surface area (Å²) in [6.45, 7) is 3.30. The molecule has 1 aliphatic carbocycles. The number of nitrogens with one attached hydrogen (secondary N) is 1. The van der Waals surface area contributed by atoms with Crippen molar-refractivity contribution in [2.45, 2.75) is 38.6 Å². The van der Waals surface area contributed by atoms with Gasteiger partial charge in [-0.25, -0.2) is 4.39 Å². The second kappa shape index (κ2) is 3.89. The maximum atomic E-state index is 13.1. The van der Waals surface area contributed by atoms with E-state index >= 15 is 0 Å². The first kappa shape index (κ1) is 11.1. The fraction of sp³-hybridized carbons (Fsp3) is 0.462. The minimum absolute atomic E-state index is 0.0105. The Kier molecular flexibility index (Phi) is 2.70. The van der Waals surface area contributed by atoms with Crippen LogP contribution < -0.4 is 5.32 Å². The normalized spacial score (nSPS) is 16.9. The van der Waals surface area contributed by atoms with E-state index in [4.69, 9.17) is 0 Å². The number of aryl methyl sites for hydroxylation is 1. The van der Waals surface area contributed by atoms with E-state index in [9.17, 15) is 9.18 Å². The van der Waals surface area contributed by atoms with Gasteiger partial charge in [-0.3, -0.25) is 4.79 Å². The number of carbonyl (C=O) groups is 1. The van der Waals surface area contributed by atoms with Crippen LogP contribution in [0.1, 0.15) is 30.9 Å². The Morgan fingerprint density at radius 2 is 2.19 bits per heavy atom. The van der Waals surface area contributed by atoms with Gasteiger partial charge in [0.2, 0.25) is 5.91 Å². The van der Waals surface area contributed by atoms with Gasteiger partial charge < -0.3 is 5.32 Å². The molecule has 2 nitrogen and oxygen atoms in total. The summed E-state index contributed by atoms with van der Waals surface area (Å²) in [5.41, 5.74) is 1.69. The third-order valence-corrected chi connectivity index (χ3v) is 3.06. The first-order valence-electron chi connectivity index (χ1n) is 5.55. The molecule has 16 heavy (non-hydrogen) atoms. The van der Waals surface area contributed by atoms with Gasteiger partial charge in [-0.2, -0.15) is 0 Å². The third kappa shape index (κ3) is 2.40. The lowest BCUT2D eigenvalue weighted by molar-refractivity contribution is -0.119. The summed E-state index contributed by atoms with van der Waals surface area (Å²) in [6.07, 6.45) is 2.83. The number of rotatable bonds is 3. The average Bonchev–Trinajstić information content (AvgIpc) is 2.90. The van der Waals surface area contributed by atoms with Crippen molar-refractivity contribution in [1.82, 2.24) is 5.32 Å². The largest absolute Gasteiger partial charge is 0.351 e. The third-order valence-electron chi connectivity index (χ3n) is 3.06. The van der Waals surface area contributed by atoms with Gasteiger partial charge in [0.1, 0.15) is 5.82 Å². The monoisotopic (exact) mass is 221 g/mol. The van der Waals surface area contributed by atoms with Crippen LogP contribution in [0.15, 0.2) is 18.2 Å². The second-order valence-corrected chi connectivity index (χ2v) is 4.72. The van der Waals surface area contributed by atoms with Gasteiger partial charge >= 0.3 is 0 Å². The Morgan fingerprint density at radius 1 is 1.50 bits per heavy atom. The van der Waals surface area contributed by atoms with Crippen molar-refractivity contribution in [3.63, 3.8) is 0 Å². The highest BCUT2D eigenvalue weighted by atomic mass is 19.1. The minimum atomic E-state index is -0.173. The summed E-state index contributed by atoms with van der Waals surface area (Å²) in [5, 5.41) is 2.98. The number of amides is 1. The van der Waals surface area contributed by atoms with Gasteiger partial charge in [-0.15, -0.1) is 0 Å². The summed E-state index contributed by atoms with van der Waals surface area (Å²) in [4.78, 5) is 11.0. The molecule has 1 aromatic carbocycles. The lowest BCUT2D eigenvalue weighted by atomic mass is 10.0. The quantitative estimate of drug-likeness (QED) is 0.834. The van der Waals surface area contributed by atoms with E-state index < -0.39 is 0 Å².